The molecule has 4 rings (SSSR count). The van der Waals surface area contributed by atoms with Crippen LogP contribution in [0.25, 0.3) is 11.0 Å². The van der Waals surface area contributed by atoms with Crippen molar-refractivity contribution in [3.63, 3.8) is 0 Å². The number of imidazole rings is 1. The number of para-hydroxylation sites is 2. The summed E-state index contributed by atoms with van der Waals surface area (Å²) in [7, 11) is 0. The summed E-state index contributed by atoms with van der Waals surface area (Å²) in [6.07, 6.45) is 0. The number of aromatic nitrogens is 4. The molecule has 0 spiro atoms. The summed E-state index contributed by atoms with van der Waals surface area (Å²) in [5.74, 6) is 2.34. The van der Waals surface area contributed by atoms with Gasteiger partial charge in [0.05, 0.1) is 17.6 Å². The molecule has 0 atom stereocenters. The van der Waals surface area contributed by atoms with Crippen LogP contribution in [0.15, 0.2) is 28.8 Å². The van der Waals surface area contributed by atoms with Crippen LogP contribution in [0.4, 0.5) is 5.95 Å². The maximum absolute atomic E-state index is 5.02. The first-order valence-corrected chi connectivity index (χ1v) is 7.49. The summed E-state index contributed by atoms with van der Waals surface area (Å²) < 4.78 is 5.02. The van der Waals surface area contributed by atoms with Gasteiger partial charge in [-0.05, 0) is 12.1 Å². The van der Waals surface area contributed by atoms with Crippen molar-refractivity contribution in [2.45, 2.75) is 13.5 Å². The first-order chi connectivity index (χ1) is 10.8. The van der Waals surface area contributed by atoms with Gasteiger partial charge in [-0.2, -0.15) is 4.98 Å². The van der Waals surface area contributed by atoms with Gasteiger partial charge < -0.3 is 14.4 Å². The Kier molecular flexibility index (Phi) is 3.27. The Morgan fingerprint density at radius 2 is 1.95 bits per heavy atom. The number of nitrogens with zero attached hydrogens (tertiary/aromatic N) is 5. The SMILES string of the molecule is Cc1nc(CN2CCN(c3nc4ccccc4[nH]3)CC2)no1. The molecule has 1 aliphatic heterocycles. The lowest BCUT2D eigenvalue weighted by atomic mass is 10.3. The molecule has 1 aliphatic rings. The van der Waals surface area contributed by atoms with Crippen LogP contribution in [0, 0.1) is 6.92 Å². The molecule has 1 fully saturated rings. The third kappa shape index (κ3) is 2.55. The van der Waals surface area contributed by atoms with Crippen molar-refractivity contribution in [2.75, 3.05) is 31.1 Å². The zero-order chi connectivity index (χ0) is 14.9. The van der Waals surface area contributed by atoms with Gasteiger partial charge in [-0.3, -0.25) is 4.90 Å². The highest BCUT2D eigenvalue weighted by Gasteiger charge is 2.20. The summed E-state index contributed by atoms with van der Waals surface area (Å²) >= 11 is 0. The Morgan fingerprint density at radius 3 is 2.68 bits per heavy atom. The maximum Gasteiger partial charge on any atom is 0.223 e. The van der Waals surface area contributed by atoms with Gasteiger partial charge in [0.15, 0.2) is 5.82 Å². The second kappa shape index (κ2) is 5.42. The first kappa shape index (κ1) is 13.3. The monoisotopic (exact) mass is 298 g/mol. The van der Waals surface area contributed by atoms with Crippen LogP contribution in [0.2, 0.25) is 0 Å². The lowest BCUT2D eigenvalue weighted by Gasteiger charge is -2.33. The van der Waals surface area contributed by atoms with E-state index in [9.17, 15) is 0 Å². The van der Waals surface area contributed by atoms with E-state index >= 15 is 0 Å². The molecule has 0 unspecified atom stereocenters. The molecule has 0 saturated carbocycles. The van der Waals surface area contributed by atoms with E-state index in [2.05, 4.69) is 36.0 Å². The fourth-order valence-electron chi connectivity index (χ4n) is 2.81. The molecule has 0 aliphatic carbocycles. The summed E-state index contributed by atoms with van der Waals surface area (Å²) in [6.45, 7) is 6.36. The first-order valence-electron chi connectivity index (χ1n) is 7.49. The number of H-pyrrole nitrogens is 1. The van der Waals surface area contributed by atoms with Crippen LogP contribution in [-0.4, -0.2) is 51.2 Å². The van der Waals surface area contributed by atoms with Gasteiger partial charge in [0, 0.05) is 33.1 Å². The summed E-state index contributed by atoms with van der Waals surface area (Å²) in [5.41, 5.74) is 2.10. The van der Waals surface area contributed by atoms with Crippen LogP contribution in [0.1, 0.15) is 11.7 Å². The normalized spacial score (nSPS) is 16.5. The molecule has 3 aromatic rings. The van der Waals surface area contributed by atoms with Gasteiger partial charge in [0.1, 0.15) is 0 Å². The van der Waals surface area contributed by atoms with Crippen LogP contribution in [0.3, 0.4) is 0 Å². The van der Waals surface area contributed by atoms with Gasteiger partial charge >= 0.3 is 0 Å². The molecule has 1 aromatic carbocycles. The van der Waals surface area contributed by atoms with E-state index < -0.39 is 0 Å². The topological polar surface area (TPSA) is 74.1 Å². The van der Waals surface area contributed by atoms with Crippen LogP contribution < -0.4 is 4.90 Å². The quantitative estimate of drug-likeness (QED) is 0.791. The van der Waals surface area contributed by atoms with Crippen LogP contribution in [0.5, 0.6) is 0 Å². The van der Waals surface area contributed by atoms with Crippen molar-refractivity contribution in [2.24, 2.45) is 0 Å². The summed E-state index contributed by atoms with van der Waals surface area (Å²) in [6, 6.07) is 8.12. The standard InChI is InChI=1S/C15H18N6O/c1-11-16-14(19-22-11)10-20-6-8-21(9-7-20)15-17-12-4-2-3-5-13(12)18-15/h2-5H,6-10H2,1H3,(H,17,18). The number of hydrogen-bond donors (Lipinski definition) is 1. The minimum Gasteiger partial charge on any atom is -0.340 e. The van der Waals surface area contributed by atoms with Crippen molar-refractivity contribution in [1.29, 1.82) is 0 Å². The second-order valence-corrected chi connectivity index (χ2v) is 5.57. The number of benzene rings is 1. The lowest BCUT2D eigenvalue weighted by molar-refractivity contribution is 0.239. The molecule has 2 aromatic heterocycles. The zero-order valence-electron chi connectivity index (χ0n) is 12.5. The Morgan fingerprint density at radius 1 is 1.14 bits per heavy atom. The summed E-state index contributed by atoms with van der Waals surface area (Å²) in [4.78, 5) is 16.9. The lowest BCUT2D eigenvalue weighted by Crippen LogP contribution is -2.46. The molecular formula is C15H18N6O. The van der Waals surface area contributed by atoms with E-state index in [1.165, 1.54) is 0 Å². The molecule has 22 heavy (non-hydrogen) atoms. The number of anilines is 1. The van der Waals surface area contributed by atoms with Crippen LogP contribution in [-0.2, 0) is 6.54 Å². The van der Waals surface area contributed by atoms with Crippen molar-refractivity contribution >= 4 is 17.0 Å². The molecule has 114 valence electrons. The molecule has 7 heteroatoms. The molecule has 7 nitrogen and oxygen atoms in total. The number of rotatable bonds is 3. The smallest absolute Gasteiger partial charge is 0.223 e. The van der Waals surface area contributed by atoms with E-state index in [-0.39, 0.29) is 0 Å². The van der Waals surface area contributed by atoms with E-state index in [0.29, 0.717) is 5.89 Å². The molecule has 3 heterocycles. The number of aromatic amines is 1. The number of fused-ring (bicyclic) bond motifs is 1. The Balaban J connectivity index is 1.40. The minimum atomic E-state index is 0.621. The average Bonchev–Trinajstić information content (AvgIpc) is 3.14. The molecule has 1 N–H and O–H groups in total. The van der Waals surface area contributed by atoms with E-state index in [0.717, 1.165) is 55.5 Å². The van der Waals surface area contributed by atoms with Gasteiger partial charge in [0.25, 0.3) is 0 Å². The highest BCUT2D eigenvalue weighted by atomic mass is 16.5. The predicted octanol–water partition coefficient (Wildman–Crippen LogP) is 1.58. The summed E-state index contributed by atoms with van der Waals surface area (Å²) in [5, 5.41) is 3.96. The van der Waals surface area contributed by atoms with Gasteiger partial charge in [0.2, 0.25) is 11.8 Å². The van der Waals surface area contributed by atoms with Crippen LogP contribution >= 0.6 is 0 Å². The molecular weight excluding hydrogens is 280 g/mol. The number of nitrogens with one attached hydrogen (secondary N) is 1. The van der Waals surface area contributed by atoms with Gasteiger partial charge in [-0.25, -0.2) is 4.98 Å². The average molecular weight is 298 g/mol. The van der Waals surface area contributed by atoms with E-state index in [1.54, 1.807) is 0 Å². The molecule has 0 radical (unpaired) electrons. The third-order valence-electron chi connectivity index (χ3n) is 3.98. The minimum absolute atomic E-state index is 0.621. The Labute approximate surface area is 127 Å². The van der Waals surface area contributed by atoms with Crippen molar-refractivity contribution in [3.8, 4) is 0 Å². The fourth-order valence-corrected chi connectivity index (χ4v) is 2.81. The molecule has 1 saturated heterocycles. The van der Waals surface area contributed by atoms with Crippen molar-refractivity contribution < 1.29 is 4.52 Å². The predicted molar refractivity (Wildman–Crippen MR) is 82.6 cm³/mol. The highest BCUT2D eigenvalue weighted by molar-refractivity contribution is 5.77. The molecule has 0 amide bonds. The zero-order valence-corrected chi connectivity index (χ0v) is 12.5. The number of hydrogen-bond acceptors (Lipinski definition) is 6. The van der Waals surface area contributed by atoms with Gasteiger partial charge in [-0.15, -0.1) is 0 Å². The fraction of sp³-hybridized carbons (Fsp3) is 0.400. The molecule has 0 bridgehead atoms. The maximum atomic E-state index is 5.02. The van der Waals surface area contributed by atoms with E-state index in [1.807, 2.05) is 25.1 Å². The number of piperazine rings is 1. The largest absolute Gasteiger partial charge is 0.340 e. The number of aryl methyl sites for hydroxylation is 1. The van der Waals surface area contributed by atoms with Crippen molar-refractivity contribution in [1.82, 2.24) is 25.0 Å². The van der Waals surface area contributed by atoms with Crippen molar-refractivity contribution in [3.05, 3.63) is 36.0 Å². The highest BCUT2D eigenvalue weighted by Crippen LogP contribution is 2.18. The second-order valence-electron chi connectivity index (χ2n) is 5.57. The van der Waals surface area contributed by atoms with Gasteiger partial charge in [-0.1, -0.05) is 17.3 Å². The Hall–Kier alpha value is -2.41. The Bertz CT molecular complexity index is 738. The van der Waals surface area contributed by atoms with E-state index in [4.69, 9.17) is 4.52 Å². The third-order valence-corrected chi connectivity index (χ3v) is 3.98.